The van der Waals surface area contributed by atoms with Gasteiger partial charge >= 0.3 is 0 Å². The van der Waals surface area contributed by atoms with E-state index in [0.717, 1.165) is 21.0 Å². The summed E-state index contributed by atoms with van der Waals surface area (Å²) in [4.78, 5) is 13.2. The number of ether oxygens (including phenoxy) is 2. The highest BCUT2D eigenvalue weighted by molar-refractivity contribution is 7.92. The van der Waals surface area contributed by atoms with Gasteiger partial charge < -0.3 is 14.8 Å². The van der Waals surface area contributed by atoms with Crippen molar-refractivity contribution in [3.8, 4) is 11.5 Å². The number of aryl methyl sites for hydroxylation is 2. The van der Waals surface area contributed by atoms with Crippen LogP contribution in [-0.4, -0.2) is 35.1 Å². The molecule has 3 aromatic rings. The molecule has 0 bridgehead atoms. The Balaban J connectivity index is 1.93. The summed E-state index contributed by atoms with van der Waals surface area (Å²) in [6.07, 6.45) is 0. The maximum absolute atomic E-state index is 13.5. The van der Waals surface area contributed by atoms with Gasteiger partial charge in [-0.2, -0.15) is 0 Å². The number of hydrogen-bond acceptors (Lipinski definition) is 5. The molecule has 8 heteroatoms. The van der Waals surface area contributed by atoms with Crippen LogP contribution in [-0.2, 0) is 14.8 Å². The first kappa shape index (κ1) is 25.1. The van der Waals surface area contributed by atoms with E-state index in [9.17, 15) is 13.2 Å². The first-order valence-corrected chi connectivity index (χ1v) is 12.3. The number of benzene rings is 3. The monoisotopic (exact) mass is 482 g/mol. The highest BCUT2D eigenvalue weighted by Gasteiger charge is 2.28. The van der Waals surface area contributed by atoms with Crippen molar-refractivity contribution in [1.29, 1.82) is 0 Å². The smallest absolute Gasteiger partial charge is 0.264 e. The van der Waals surface area contributed by atoms with E-state index in [-0.39, 0.29) is 11.4 Å². The van der Waals surface area contributed by atoms with Crippen LogP contribution in [0.15, 0.2) is 71.6 Å². The molecule has 1 amide bonds. The summed E-state index contributed by atoms with van der Waals surface area (Å²) in [6.45, 7) is 5.21. The third-order valence-electron chi connectivity index (χ3n) is 5.39. The van der Waals surface area contributed by atoms with Crippen molar-refractivity contribution in [3.63, 3.8) is 0 Å². The molecule has 34 heavy (non-hydrogen) atoms. The van der Waals surface area contributed by atoms with Crippen molar-refractivity contribution in [1.82, 2.24) is 5.32 Å². The number of amides is 1. The van der Waals surface area contributed by atoms with Gasteiger partial charge in [0.2, 0.25) is 5.91 Å². The minimum atomic E-state index is -3.98. The number of methoxy groups -OCH3 is 2. The molecule has 0 heterocycles. The predicted molar refractivity (Wildman–Crippen MR) is 133 cm³/mol. The number of carbonyl (C=O) groups excluding carboxylic acids is 1. The Bertz CT molecular complexity index is 1240. The summed E-state index contributed by atoms with van der Waals surface area (Å²) < 4.78 is 38.9. The van der Waals surface area contributed by atoms with E-state index in [1.807, 2.05) is 26.8 Å². The largest absolute Gasteiger partial charge is 0.497 e. The summed E-state index contributed by atoms with van der Waals surface area (Å²) in [5.41, 5.74) is 2.96. The van der Waals surface area contributed by atoms with Crippen molar-refractivity contribution in [2.75, 3.05) is 25.1 Å². The molecule has 180 valence electrons. The molecule has 0 saturated heterocycles. The van der Waals surface area contributed by atoms with Crippen LogP contribution in [0.1, 0.15) is 29.7 Å². The Kier molecular flexibility index (Phi) is 7.83. The molecule has 3 rings (SSSR count). The molecule has 0 aliphatic heterocycles. The van der Waals surface area contributed by atoms with Crippen LogP contribution in [0.25, 0.3) is 0 Å². The van der Waals surface area contributed by atoms with Gasteiger partial charge in [0.25, 0.3) is 10.0 Å². The lowest BCUT2D eigenvalue weighted by Gasteiger charge is -2.26. The zero-order valence-electron chi connectivity index (χ0n) is 20.0. The van der Waals surface area contributed by atoms with E-state index in [4.69, 9.17) is 9.47 Å². The average Bonchev–Trinajstić information content (AvgIpc) is 2.81. The quantitative estimate of drug-likeness (QED) is 0.489. The van der Waals surface area contributed by atoms with Crippen LogP contribution in [0.3, 0.4) is 0 Å². The number of rotatable bonds is 9. The van der Waals surface area contributed by atoms with Crippen molar-refractivity contribution in [2.45, 2.75) is 31.7 Å². The molecule has 0 spiro atoms. The number of nitrogens with zero attached hydrogens (tertiary/aromatic N) is 1. The lowest BCUT2D eigenvalue weighted by molar-refractivity contribution is -0.120. The van der Waals surface area contributed by atoms with E-state index < -0.39 is 22.0 Å². The number of nitrogens with one attached hydrogen (secondary N) is 1. The van der Waals surface area contributed by atoms with Crippen molar-refractivity contribution < 1.29 is 22.7 Å². The normalized spacial score (nSPS) is 12.0. The topological polar surface area (TPSA) is 84.9 Å². The lowest BCUT2D eigenvalue weighted by atomic mass is 10.1. The summed E-state index contributed by atoms with van der Waals surface area (Å²) in [5, 5.41) is 2.89. The Morgan fingerprint density at radius 3 is 2.18 bits per heavy atom. The second-order valence-electron chi connectivity index (χ2n) is 8.07. The molecule has 0 fully saturated rings. The van der Waals surface area contributed by atoms with Gasteiger partial charge in [0.1, 0.15) is 18.0 Å². The molecule has 7 nitrogen and oxygen atoms in total. The van der Waals surface area contributed by atoms with Crippen molar-refractivity contribution >= 4 is 21.6 Å². The number of hydrogen-bond donors (Lipinski definition) is 1. The van der Waals surface area contributed by atoms with Crippen LogP contribution in [0, 0.1) is 13.8 Å². The maximum Gasteiger partial charge on any atom is 0.264 e. The van der Waals surface area contributed by atoms with E-state index in [2.05, 4.69) is 5.32 Å². The molecule has 0 aromatic heterocycles. The Hall–Kier alpha value is -3.52. The second-order valence-corrected chi connectivity index (χ2v) is 9.93. The van der Waals surface area contributed by atoms with Crippen LogP contribution in [0.2, 0.25) is 0 Å². The molecule has 0 saturated carbocycles. The van der Waals surface area contributed by atoms with Gasteiger partial charge in [-0.1, -0.05) is 24.3 Å². The van der Waals surface area contributed by atoms with Gasteiger partial charge in [-0.25, -0.2) is 8.42 Å². The fourth-order valence-corrected chi connectivity index (χ4v) is 5.23. The van der Waals surface area contributed by atoms with Gasteiger partial charge in [-0.15, -0.1) is 0 Å². The minimum Gasteiger partial charge on any atom is -0.497 e. The zero-order chi connectivity index (χ0) is 24.9. The van der Waals surface area contributed by atoms with E-state index in [1.165, 1.54) is 12.1 Å². The predicted octanol–water partition coefficient (Wildman–Crippen LogP) is 4.39. The zero-order valence-corrected chi connectivity index (χ0v) is 20.8. The summed E-state index contributed by atoms with van der Waals surface area (Å²) in [7, 11) is -0.869. The van der Waals surface area contributed by atoms with Gasteiger partial charge in [-0.3, -0.25) is 9.10 Å². The maximum atomic E-state index is 13.5. The molecule has 0 radical (unpaired) electrons. The summed E-state index contributed by atoms with van der Waals surface area (Å²) >= 11 is 0. The van der Waals surface area contributed by atoms with Gasteiger partial charge in [0, 0.05) is 5.56 Å². The van der Waals surface area contributed by atoms with Crippen LogP contribution >= 0.6 is 0 Å². The average molecular weight is 483 g/mol. The Labute approximate surface area is 201 Å². The summed E-state index contributed by atoms with van der Waals surface area (Å²) in [6, 6.07) is 18.4. The van der Waals surface area contributed by atoms with Crippen LogP contribution in [0.4, 0.5) is 5.69 Å². The lowest BCUT2D eigenvalue weighted by Crippen LogP contribution is -2.41. The first-order valence-electron chi connectivity index (χ1n) is 10.8. The van der Waals surface area contributed by atoms with Gasteiger partial charge in [0.15, 0.2) is 0 Å². The molecular formula is C26H30N2O5S. The van der Waals surface area contributed by atoms with Crippen LogP contribution in [0.5, 0.6) is 11.5 Å². The van der Waals surface area contributed by atoms with Gasteiger partial charge in [-0.05, 0) is 74.4 Å². The minimum absolute atomic E-state index is 0.115. The Morgan fingerprint density at radius 1 is 0.941 bits per heavy atom. The van der Waals surface area contributed by atoms with E-state index >= 15 is 0 Å². The van der Waals surface area contributed by atoms with Gasteiger partial charge in [0.05, 0.1) is 30.8 Å². The van der Waals surface area contributed by atoms with Crippen molar-refractivity contribution in [2.24, 2.45) is 0 Å². The molecule has 1 atom stereocenters. The SMILES string of the molecule is COc1ccc(OC)c(C(C)NC(=O)CN(c2cc(C)cc(C)c2)S(=O)(=O)c2ccccc2)c1. The highest BCUT2D eigenvalue weighted by Crippen LogP contribution is 2.30. The molecular weight excluding hydrogens is 452 g/mol. The summed E-state index contributed by atoms with van der Waals surface area (Å²) in [5.74, 6) is 0.771. The number of sulfonamides is 1. The first-order chi connectivity index (χ1) is 16.1. The van der Waals surface area contributed by atoms with E-state index in [0.29, 0.717) is 17.2 Å². The Morgan fingerprint density at radius 2 is 1.59 bits per heavy atom. The molecule has 0 aliphatic rings. The fourth-order valence-electron chi connectivity index (χ4n) is 3.80. The standard InChI is InChI=1S/C26H30N2O5S/c1-18-13-19(2)15-21(14-18)28(34(30,31)23-9-7-6-8-10-23)17-26(29)27-20(3)24-16-22(32-4)11-12-25(24)33-5/h6-16,20H,17H2,1-5H3,(H,27,29). The highest BCUT2D eigenvalue weighted by atomic mass is 32.2. The van der Waals surface area contributed by atoms with Crippen LogP contribution < -0.4 is 19.1 Å². The van der Waals surface area contributed by atoms with E-state index in [1.54, 1.807) is 62.8 Å². The number of anilines is 1. The van der Waals surface area contributed by atoms with Crippen molar-refractivity contribution in [3.05, 3.63) is 83.4 Å². The number of carbonyl (C=O) groups is 1. The molecule has 3 aromatic carbocycles. The molecule has 0 aliphatic carbocycles. The third kappa shape index (κ3) is 5.69. The third-order valence-corrected chi connectivity index (χ3v) is 7.18. The molecule has 1 unspecified atom stereocenters. The fraction of sp³-hybridized carbons (Fsp3) is 0.269. The molecule has 1 N–H and O–H groups in total. The second kappa shape index (κ2) is 10.6.